The molecule has 7 heteroatoms. The van der Waals surface area contributed by atoms with E-state index in [9.17, 15) is 14.4 Å². The Balaban J connectivity index is 2.07. The van der Waals surface area contributed by atoms with Gasteiger partial charge in [-0.05, 0) is 29.8 Å². The zero-order chi connectivity index (χ0) is 20.3. The van der Waals surface area contributed by atoms with Crippen LogP contribution in [-0.2, 0) is 9.53 Å². The lowest BCUT2D eigenvalue weighted by Gasteiger charge is -2.16. The molecule has 3 rings (SSSR count). The molecule has 0 saturated heterocycles. The van der Waals surface area contributed by atoms with Crippen molar-refractivity contribution >= 4 is 38.7 Å². The molecule has 28 heavy (non-hydrogen) atoms. The van der Waals surface area contributed by atoms with Crippen LogP contribution >= 0.6 is 15.9 Å². The molecular formula is C21H17BrO6. The zero-order valence-corrected chi connectivity index (χ0v) is 16.8. The van der Waals surface area contributed by atoms with E-state index in [0.29, 0.717) is 22.3 Å². The van der Waals surface area contributed by atoms with Crippen LogP contribution in [0.5, 0.6) is 5.75 Å². The maximum Gasteiger partial charge on any atom is 0.336 e. The number of ketones is 1. The van der Waals surface area contributed by atoms with Gasteiger partial charge in [-0.25, -0.2) is 4.79 Å². The van der Waals surface area contributed by atoms with Gasteiger partial charge in [0.25, 0.3) is 0 Å². The quantitative estimate of drug-likeness (QED) is 0.323. The van der Waals surface area contributed by atoms with Crippen molar-refractivity contribution < 1.29 is 23.5 Å². The van der Waals surface area contributed by atoms with Gasteiger partial charge in [0.1, 0.15) is 11.3 Å². The Morgan fingerprint density at radius 3 is 2.43 bits per heavy atom. The molecule has 0 aliphatic rings. The first kappa shape index (κ1) is 19.8. The number of Topliss-reactive ketones (excluding diaryl/α,β-unsaturated/α-hetero) is 1. The summed E-state index contributed by atoms with van der Waals surface area (Å²) in [5.74, 6) is -1.28. The van der Waals surface area contributed by atoms with Crippen LogP contribution in [0.25, 0.3) is 11.0 Å². The van der Waals surface area contributed by atoms with Crippen molar-refractivity contribution in [3.63, 3.8) is 0 Å². The summed E-state index contributed by atoms with van der Waals surface area (Å²) in [4.78, 5) is 37.3. The lowest BCUT2D eigenvalue weighted by Crippen LogP contribution is -2.20. The molecule has 2 aromatic carbocycles. The van der Waals surface area contributed by atoms with Crippen molar-refractivity contribution in [1.29, 1.82) is 0 Å². The number of esters is 1. The third-order valence-electron chi connectivity index (χ3n) is 4.40. The molecule has 0 aliphatic carbocycles. The minimum atomic E-state index is -0.943. The van der Waals surface area contributed by atoms with Gasteiger partial charge in [0.2, 0.25) is 0 Å². The SMILES string of the molecule is COC(=O)[C@@H](CC(=O)c1ccc(Br)cc1)c1cc(=O)oc2cc(OC)ccc12. The van der Waals surface area contributed by atoms with E-state index in [-0.39, 0.29) is 17.8 Å². The minimum absolute atomic E-state index is 0.140. The molecule has 0 saturated carbocycles. The van der Waals surface area contributed by atoms with E-state index in [1.807, 2.05) is 0 Å². The van der Waals surface area contributed by atoms with Gasteiger partial charge >= 0.3 is 11.6 Å². The number of carbonyl (C=O) groups is 2. The van der Waals surface area contributed by atoms with Crippen LogP contribution < -0.4 is 10.4 Å². The van der Waals surface area contributed by atoms with Crippen molar-refractivity contribution in [1.82, 2.24) is 0 Å². The van der Waals surface area contributed by atoms with Gasteiger partial charge in [0.15, 0.2) is 5.78 Å². The Hall–Kier alpha value is -2.93. The van der Waals surface area contributed by atoms with Crippen LogP contribution in [0.3, 0.4) is 0 Å². The fourth-order valence-electron chi connectivity index (χ4n) is 2.98. The first-order valence-corrected chi connectivity index (χ1v) is 9.20. The molecule has 1 heterocycles. The molecule has 1 atom stereocenters. The second kappa shape index (κ2) is 8.39. The molecule has 144 valence electrons. The molecule has 0 fully saturated rings. The molecule has 0 spiro atoms. The lowest BCUT2D eigenvalue weighted by atomic mass is 9.89. The molecule has 0 radical (unpaired) electrons. The summed E-state index contributed by atoms with van der Waals surface area (Å²) in [5.41, 5.74) is 0.491. The summed E-state index contributed by atoms with van der Waals surface area (Å²) < 4.78 is 16.1. The van der Waals surface area contributed by atoms with Crippen LogP contribution in [0.2, 0.25) is 0 Å². The highest BCUT2D eigenvalue weighted by Crippen LogP contribution is 2.31. The topological polar surface area (TPSA) is 82.8 Å². The summed E-state index contributed by atoms with van der Waals surface area (Å²) in [5, 5.41) is 0.541. The normalized spacial score (nSPS) is 11.8. The summed E-state index contributed by atoms with van der Waals surface area (Å²) in [6, 6.07) is 13.0. The molecule has 0 aliphatic heterocycles. The van der Waals surface area contributed by atoms with Crippen LogP contribution in [0.4, 0.5) is 0 Å². The maximum absolute atomic E-state index is 12.7. The summed E-state index contributed by atoms with van der Waals surface area (Å²) >= 11 is 3.32. The van der Waals surface area contributed by atoms with Crippen LogP contribution in [0, 0.1) is 0 Å². The molecule has 6 nitrogen and oxygen atoms in total. The number of rotatable bonds is 6. The fraction of sp³-hybridized carbons (Fsp3) is 0.190. The monoisotopic (exact) mass is 444 g/mol. The van der Waals surface area contributed by atoms with E-state index in [1.165, 1.54) is 20.3 Å². The Morgan fingerprint density at radius 1 is 1.07 bits per heavy atom. The average Bonchev–Trinajstić information content (AvgIpc) is 2.70. The van der Waals surface area contributed by atoms with Gasteiger partial charge in [-0.3, -0.25) is 9.59 Å². The highest BCUT2D eigenvalue weighted by atomic mass is 79.9. The number of benzene rings is 2. The highest BCUT2D eigenvalue weighted by molar-refractivity contribution is 9.10. The summed E-state index contributed by atoms with van der Waals surface area (Å²) in [6.45, 7) is 0. The highest BCUT2D eigenvalue weighted by Gasteiger charge is 2.28. The number of fused-ring (bicyclic) bond motifs is 1. The number of carbonyl (C=O) groups excluding carboxylic acids is 2. The first-order valence-electron chi connectivity index (χ1n) is 8.41. The van der Waals surface area contributed by atoms with Gasteiger partial charge in [0, 0.05) is 34.0 Å². The van der Waals surface area contributed by atoms with Gasteiger partial charge in [-0.1, -0.05) is 28.1 Å². The second-order valence-electron chi connectivity index (χ2n) is 6.09. The Morgan fingerprint density at radius 2 is 1.79 bits per heavy atom. The van der Waals surface area contributed by atoms with Crippen molar-refractivity contribution in [3.8, 4) is 5.75 Å². The molecular weight excluding hydrogens is 428 g/mol. The van der Waals surface area contributed by atoms with Crippen LogP contribution in [0.1, 0.15) is 28.3 Å². The first-order chi connectivity index (χ1) is 13.4. The molecule has 0 unspecified atom stereocenters. The molecule has 1 aromatic heterocycles. The maximum atomic E-state index is 12.7. The van der Waals surface area contributed by atoms with E-state index in [4.69, 9.17) is 13.9 Å². The van der Waals surface area contributed by atoms with Crippen molar-refractivity contribution in [2.24, 2.45) is 0 Å². The van der Waals surface area contributed by atoms with Gasteiger partial charge in [0.05, 0.1) is 20.1 Å². The third kappa shape index (κ3) is 4.14. The summed E-state index contributed by atoms with van der Waals surface area (Å²) in [7, 11) is 2.74. The van der Waals surface area contributed by atoms with Crippen molar-refractivity contribution in [2.45, 2.75) is 12.3 Å². The zero-order valence-electron chi connectivity index (χ0n) is 15.2. The van der Waals surface area contributed by atoms with E-state index in [1.54, 1.807) is 42.5 Å². The fourth-order valence-corrected chi connectivity index (χ4v) is 3.25. The predicted molar refractivity (Wildman–Crippen MR) is 107 cm³/mol. The molecule has 0 bridgehead atoms. The number of methoxy groups -OCH3 is 2. The molecule has 0 N–H and O–H groups in total. The minimum Gasteiger partial charge on any atom is -0.497 e. The van der Waals surface area contributed by atoms with Crippen LogP contribution in [-0.4, -0.2) is 26.0 Å². The Labute approximate surface area is 169 Å². The Kier molecular flexibility index (Phi) is 5.94. The summed E-state index contributed by atoms with van der Waals surface area (Å²) in [6.07, 6.45) is -0.140. The Bertz CT molecular complexity index is 1080. The van der Waals surface area contributed by atoms with Gasteiger partial charge in [-0.15, -0.1) is 0 Å². The predicted octanol–water partition coefficient (Wildman–Crippen LogP) is 4.09. The van der Waals surface area contributed by atoms with Crippen molar-refractivity contribution in [3.05, 3.63) is 74.6 Å². The van der Waals surface area contributed by atoms with E-state index in [2.05, 4.69) is 15.9 Å². The van der Waals surface area contributed by atoms with E-state index in [0.717, 1.165) is 4.47 Å². The van der Waals surface area contributed by atoms with E-state index < -0.39 is 17.5 Å². The van der Waals surface area contributed by atoms with E-state index >= 15 is 0 Å². The van der Waals surface area contributed by atoms with Crippen LogP contribution in [0.15, 0.2) is 62.2 Å². The lowest BCUT2D eigenvalue weighted by molar-refractivity contribution is -0.142. The third-order valence-corrected chi connectivity index (χ3v) is 4.93. The molecule has 3 aromatic rings. The number of hydrogen-bond acceptors (Lipinski definition) is 6. The van der Waals surface area contributed by atoms with Gasteiger partial charge in [-0.2, -0.15) is 0 Å². The average molecular weight is 445 g/mol. The smallest absolute Gasteiger partial charge is 0.336 e. The standard InChI is InChI=1S/C21H17BrO6/c1-26-14-7-8-15-16(11-20(24)28-19(15)9-14)17(21(25)27-2)10-18(23)12-3-5-13(22)6-4-12/h3-9,11,17H,10H2,1-2H3/t17-/m0/s1. The van der Waals surface area contributed by atoms with Crippen molar-refractivity contribution in [2.75, 3.05) is 14.2 Å². The number of hydrogen-bond donors (Lipinski definition) is 0. The molecule has 0 amide bonds. The largest absolute Gasteiger partial charge is 0.497 e. The second-order valence-corrected chi connectivity index (χ2v) is 7.01. The number of ether oxygens (including phenoxy) is 2. The van der Waals surface area contributed by atoms with Gasteiger partial charge < -0.3 is 13.9 Å². The number of halogens is 1.